The average molecular weight is 269 g/mol. The van der Waals surface area contributed by atoms with Gasteiger partial charge in [0.15, 0.2) is 0 Å². The number of nitrogens with one attached hydrogen (secondary N) is 1. The predicted octanol–water partition coefficient (Wildman–Crippen LogP) is 3.04. The molecule has 0 radical (unpaired) electrons. The Labute approximate surface area is 114 Å². The van der Waals surface area contributed by atoms with Crippen molar-refractivity contribution in [2.75, 3.05) is 13.2 Å². The molecule has 0 saturated heterocycles. The van der Waals surface area contributed by atoms with Crippen LogP contribution in [0.1, 0.15) is 45.2 Å². The van der Waals surface area contributed by atoms with E-state index in [0.29, 0.717) is 18.8 Å². The molecule has 2 N–H and O–H groups in total. The van der Waals surface area contributed by atoms with E-state index in [1.807, 2.05) is 6.92 Å². The van der Waals surface area contributed by atoms with Gasteiger partial charge in [-0.1, -0.05) is 13.0 Å². The van der Waals surface area contributed by atoms with Crippen LogP contribution in [0.25, 0.3) is 0 Å². The second-order valence-corrected chi connectivity index (χ2v) is 4.84. The fraction of sp³-hybridized carbons (Fsp3) is 0.600. The first kappa shape index (κ1) is 15.9. The minimum absolute atomic E-state index is 0.113. The van der Waals surface area contributed by atoms with Crippen molar-refractivity contribution < 1.29 is 14.2 Å². The Balaban J connectivity index is 2.73. The predicted molar refractivity (Wildman–Crippen MR) is 74.9 cm³/mol. The fourth-order valence-electron chi connectivity index (χ4n) is 1.80. The molecule has 0 fully saturated rings. The molecule has 19 heavy (non-hydrogen) atoms. The third-order valence-corrected chi connectivity index (χ3v) is 2.94. The van der Waals surface area contributed by atoms with Gasteiger partial charge >= 0.3 is 0 Å². The summed E-state index contributed by atoms with van der Waals surface area (Å²) in [4.78, 5) is 0. The number of halogens is 1. The van der Waals surface area contributed by atoms with Crippen molar-refractivity contribution in [3.05, 3.63) is 29.6 Å². The molecule has 108 valence electrons. The van der Waals surface area contributed by atoms with Crippen molar-refractivity contribution in [2.24, 2.45) is 0 Å². The molecule has 0 saturated carbocycles. The topological polar surface area (TPSA) is 41.5 Å². The van der Waals surface area contributed by atoms with Gasteiger partial charge in [-0.25, -0.2) is 4.39 Å². The van der Waals surface area contributed by atoms with Crippen molar-refractivity contribution >= 4 is 0 Å². The Hall–Kier alpha value is -1.13. The van der Waals surface area contributed by atoms with E-state index in [1.54, 1.807) is 13.0 Å². The minimum Gasteiger partial charge on any atom is -0.493 e. The average Bonchev–Trinajstić information content (AvgIpc) is 2.35. The normalized spacial score (nSPS) is 14.2. The summed E-state index contributed by atoms with van der Waals surface area (Å²) in [6.45, 7) is 7.14. The minimum atomic E-state index is -0.410. The van der Waals surface area contributed by atoms with Crippen LogP contribution in [-0.2, 0) is 0 Å². The molecule has 0 aromatic heterocycles. The zero-order valence-corrected chi connectivity index (χ0v) is 11.9. The Morgan fingerprint density at radius 3 is 2.74 bits per heavy atom. The van der Waals surface area contributed by atoms with Crippen molar-refractivity contribution in [3.8, 4) is 5.75 Å². The third kappa shape index (κ3) is 5.57. The molecular weight excluding hydrogens is 245 g/mol. The maximum Gasteiger partial charge on any atom is 0.126 e. The highest BCUT2D eigenvalue weighted by Crippen LogP contribution is 2.26. The number of aliphatic hydroxyl groups is 1. The van der Waals surface area contributed by atoms with E-state index in [-0.39, 0.29) is 11.9 Å². The first-order valence-electron chi connectivity index (χ1n) is 6.88. The smallest absolute Gasteiger partial charge is 0.126 e. The maximum absolute atomic E-state index is 13.3. The second kappa shape index (κ2) is 8.12. The molecule has 0 aliphatic heterocycles. The molecule has 1 aromatic carbocycles. The monoisotopic (exact) mass is 269 g/mol. The largest absolute Gasteiger partial charge is 0.493 e. The van der Waals surface area contributed by atoms with Crippen LogP contribution in [-0.4, -0.2) is 24.4 Å². The zero-order valence-electron chi connectivity index (χ0n) is 11.9. The summed E-state index contributed by atoms with van der Waals surface area (Å²) in [6, 6.07) is 4.71. The summed E-state index contributed by atoms with van der Waals surface area (Å²) in [5.41, 5.74) is 0.945. The lowest BCUT2D eigenvalue weighted by Crippen LogP contribution is -2.20. The van der Waals surface area contributed by atoms with Gasteiger partial charge in [-0.15, -0.1) is 0 Å². The molecule has 2 atom stereocenters. The zero-order chi connectivity index (χ0) is 14.3. The lowest BCUT2D eigenvalue weighted by atomic mass is 10.1. The summed E-state index contributed by atoms with van der Waals surface area (Å²) in [6.07, 6.45) is 1.17. The molecular formula is C15H24FNO2. The van der Waals surface area contributed by atoms with Gasteiger partial charge in [0.2, 0.25) is 0 Å². The molecule has 0 bridgehead atoms. The van der Waals surface area contributed by atoms with Crippen LogP contribution >= 0.6 is 0 Å². The standard InChI is InChI=1S/C15H24FNO2/c1-4-8-17-12(3)14-6-5-13(16)10-15(14)19-9-7-11(2)18/h5-6,10-12,17-18H,4,7-9H2,1-3H3. The van der Waals surface area contributed by atoms with Crippen LogP contribution in [0.4, 0.5) is 4.39 Å². The Bertz CT molecular complexity index is 382. The number of hydrogen-bond acceptors (Lipinski definition) is 3. The molecule has 2 unspecified atom stereocenters. The summed E-state index contributed by atoms with van der Waals surface area (Å²) >= 11 is 0. The Kier molecular flexibility index (Phi) is 6.81. The highest BCUT2D eigenvalue weighted by atomic mass is 19.1. The SMILES string of the molecule is CCCNC(C)c1ccc(F)cc1OCCC(C)O. The quantitative estimate of drug-likeness (QED) is 0.762. The highest BCUT2D eigenvalue weighted by molar-refractivity contribution is 5.36. The van der Waals surface area contributed by atoms with Crippen molar-refractivity contribution in [2.45, 2.75) is 45.8 Å². The molecule has 4 heteroatoms. The van der Waals surface area contributed by atoms with E-state index in [2.05, 4.69) is 12.2 Å². The Morgan fingerprint density at radius 1 is 1.37 bits per heavy atom. The van der Waals surface area contributed by atoms with E-state index in [9.17, 15) is 9.50 Å². The maximum atomic E-state index is 13.3. The number of benzene rings is 1. The van der Waals surface area contributed by atoms with Gasteiger partial charge in [-0.05, 0) is 32.9 Å². The van der Waals surface area contributed by atoms with E-state index in [1.165, 1.54) is 12.1 Å². The highest BCUT2D eigenvalue weighted by Gasteiger charge is 2.12. The van der Waals surface area contributed by atoms with Crippen LogP contribution in [0.15, 0.2) is 18.2 Å². The van der Waals surface area contributed by atoms with Gasteiger partial charge in [0.1, 0.15) is 11.6 Å². The van der Waals surface area contributed by atoms with Crippen LogP contribution in [0, 0.1) is 5.82 Å². The molecule has 1 aromatic rings. The van der Waals surface area contributed by atoms with Crippen LogP contribution in [0.3, 0.4) is 0 Å². The van der Waals surface area contributed by atoms with E-state index >= 15 is 0 Å². The second-order valence-electron chi connectivity index (χ2n) is 4.84. The van der Waals surface area contributed by atoms with E-state index in [4.69, 9.17) is 4.74 Å². The molecule has 1 rings (SSSR count). The molecule has 0 aliphatic rings. The first-order valence-corrected chi connectivity index (χ1v) is 6.88. The molecule has 0 aliphatic carbocycles. The van der Waals surface area contributed by atoms with Crippen molar-refractivity contribution in [3.63, 3.8) is 0 Å². The summed E-state index contributed by atoms with van der Waals surface area (Å²) in [5, 5.41) is 12.6. The fourth-order valence-corrected chi connectivity index (χ4v) is 1.80. The number of aliphatic hydroxyl groups excluding tert-OH is 1. The van der Waals surface area contributed by atoms with E-state index in [0.717, 1.165) is 18.5 Å². The molecule has 0 amide bonds. The van der Waals surface area contributed by atoms with E-state index < -0.39 is 6.10 Å². The summed E-state index contributed by atoms with van der Waals surface area (Å²) < 4.78 is 18.9. The molecule has 3 nitrogen and oxygen atoms in total. The van der Waals surface area contributed by atoms with Crippen LogP contribution in [0.2, 0.25) is 0 Å². The van der Waals surface area contributed by atoms with Gasteiger partial charge in [0, 0.05) is 24.1 Å². The lowest BCUT2D eigenvalue weighted by Gasteiger charge is -2.18. The lowest BCUT2D eigenvalue weighted by molar-refractivity contribution is 0.155. The van der Waals surface area contributed by atoms with Gasteiger partial charge in [-0.2, -0.15) is 0 Å². The van der Waals surface area contributed by atoms with Crippen LogP contribution < -0.4 is 10.1 Å². The van der Waals surface area contributed by atoms with Gasteiger partial charge in [0.25, 0.3) is 0 Å². The molecule has 0 heterocycles. The number of hydrogen-bond donors (Lipinski definition) is 2. The van der Waals surface area contributed by atoms with Gasteiger partial charge in [0.05, 0.1) is 12.7 Å². The van der Waals surface area contributed by atoms with Crippen molar-refractivity contribution in [1.82, 2.24) is 5.32 Å². The summed E-state index contributed by atoms with van der Waals surface area (Å²) in [5.74, 6) is 0.246. The number of rotatable bonds is 8. The van der Waals surface area contributed by atoms with Crippen molar-refractivity contribution in [1.29, 1.82) is 0 Å². The van der Waals surface area contributed by atoms with Crippen LogP contribution in [0.5, 0.6) is 5.75 Å². The third-order valence-electron chi connectivity index (χ3n) is 2.94. The number of ether oxygens (including phenoxy) is 1. The molecule has 0 spiro atoms. The summed E-state index contributed by atoms with van der Waals surface area (Å²) in [7, 11) is 0. The van der Waals surface area contributed by atoms with Gasteiger partial charge in [-0.3, -0.25) is 0 Å². The first-order chi connectivity index (χ1) is 9.04. The Morgan fingerprint density at radius 2 is 2.11 bits per heavy atom. The van der Waals surface area contributed by atoms with Gasteiger partial charge < -0.3 is 15.2 Å².